The van der Waals surface area contributed by atoms with E-state index in [9.17, 15) is 9.59 Å². The summed E-state index contributed by atoms with van der Waals surface area (Å²) in [5.74, 6) is 2.63. The molecule has 1 aliphatic carbocycles. The zero-order chi connectivity index (χ0) is 19.8. The minimum Gasteiger partial charge on any atom is -0.493 e. The Labute approximate surface area is 169 Å². The summed E-state index contributed by atoms with van der Waals surface area (Å²) in [6.07, 6.45) is 8.97. The van der Waals surface area contributed by atoms with Gasteiger partial charge < -0.3 is 4.74 Å². The monoisotopic (exact) mass is 401 g/mol. The molecule has 0 spiro atoms. The third-order valence-corrected chi connectivity index (χ3v) is 5.51. The SMILES string of the molecule is C[C@@H](NSCC/C=C/Cn1ccc(=O)[nH]c1=O)c1cccc(OCC2CC2)c1. The fraction of sp³-hybridized carbons (Fsp3) is 0.429. The van der Waals surface area contributed by atoms with Crippen molar-refractivity contribution in [3.8, 4) is 5.75 Å². The maximum atomic E-state index is 11.6. The summed E-state index contributed by atoms with van der Waals surface area (Å²) in [5.41, 5.74) is 0.459. The Morgan fingerprint density at radius 3 is 2.96 bits per heavy atom. The maximum absolute atomic E-state index is 11.6. The molecule has 28 heavy (non-hydrogen) atoms. The Kier molecular flexibility index (Phi) is 7.56. The highest BCUT2D eigenvalue weighted by Crippen LogP contribution is 2.30. The van der Waals surface area contributed by atoms with E-state index < -0.39 is 0 Å². The van der Waals surface area contributed by atoms with Crippen LogP contribution in [0, 0.1) is 5.92 Å². The van der Waals surface area contributed by atoms with Gasteiger partial charge in [0.05, 0.1) is 6.61 Å². The van der Waals surface area contributed by atoms with Gasteiger partial charge in [0.1, 0.15) is 5.75 Å². The second-order valence-electron chi connectivity index (χ2n) is 7.04. The van der Waals surface area contributed by atoms with Gasteiger partial charge in [-0.2, -0.15) is 0 Å². The van der Waals surface area contributed by atoms with Gasteiger partial charge in [0.25, 0.3) is 5.56 Å². The topological polar surface area (TPSA) is 76.1 Å². The highest BCUT2D eigenvalue weighted by Gasteiger charge is 2.21. The maximum Gasteiger partial charge on any atom is 0.328 e. The standard InChI is InChI=1S/C21H27N3O3S/c1-16(18-6-5-7-19(14-18)27-15-17-8-9-17)23-28-13-4-2-3-11-24-12-10-20(25)22-21(24)26/h2-3,5-7,10,12,14,16-17,23H,4,8-9,11,13,15H2,1H3,(H,22,25,26)/b3-2+/t16-/m1/s1. The van der Waals surface area contributed by atoms with Crippen molar-refractivity contribution in [2.24, 2.45) is 5.92 Å². The van der Waals surface area contributed by atoms with Crippen LogP contribution >= 0.6 is 11.9 Å². The van der Waals surface area contributed by atoms with E-state index in [1.807, 2.05) is 24.3 Å². The zero-order valence-electron chi connectivity index (χ0n) is 16.1. The van der Waals surface area contributed by atoms with E-state index >= 15 is 0 Å². The second kappa shape index (κ2) is 10.3. The number of rotatable bonds is 11. The average molecular weight is 402 g/mol. The zero-order valence-corrected chi connectivity index (χ0v) is 16.9. The summed E-state index contributed by atoms with van der Waals surface area (Å²) < 4.78 is 10.8. The molecule has 1 aliphatic rings. The lowest BCUT2D eigenvalue weighted by Gasteiger charge is -2.14. The van der Waals surface area contributed by atoms with Crippen molar-refractivity contribution < 1.29 is 4.74 Å². The molecule has 1 aromatic heterocycles. The van der Waals surface area contributed by atoms with Crippen LogP contribution in [0.5, 0.6) is 5.75 Å². The minimum absolute atomic E-state index is 0.234. The van der Waals surface area contributed by atoms with E-state index in [-0.39, 0.29) is 17.3 Å². The summed E-state index contributed by atoms with van der Waals surface area (Å²) in [6, 6.07) is 9.87. The lowest BCUT2D eigenvalue weighted by Crippen LogP contribution is -2.28. The highest BCUT2D eigenvalue weighted by molar-refractivity contribution is 7.97. The molecule has 7 heteroatoms. The second-order valence-corrected chi connectivity index (χ2v) is 7.97. The molecular weight excluding hydrogens is 374 g/mol. The lowest BCUT2D eigenvalue weighted by atomic mass is 10.1. The molecule has 1 fully saturated rings. The molecule has 0 radical (unpaired) electrons. The van der Waals surface area contributed by atoms with Gasteiger partial charge in [-0.3, -0.25) is 19.1 Å². The largest absolute Gasteiger partial charge is 0.493 e. The molecule has 1 saturated carbocycles. The minimum atomic E-state index is -0.384. The van der Waals surface area contributed by atoms with Gasteiger partial charge in [-0.1, -0.05) is 36.2 Å². The van der Waals surface area contributed by atoms with Crippen molar-refractivity contribution >= 4 is 11.9 Å². The number of hydrogen-bond donors (Lipinski definition) is 2. The smallest absolute Gasteiger partial charge is 0.328 e. The first-order chi connectivity index (χ1) is 13.6. The van der Waals surface area contributed by atoms with Crippen molar-refractivity contribution in [3.05, 3.63) is 75.1 Å². The molecule has 2 N–H and O–H groups in total. The van der Waals surface area contributed by atoms with Crippen molar-refractivity contribution in [1.29, 1.82) is 0 Å². The quantitative estimate of drug-likeness (QED) is 0.343. The van der Waals surface area contributed by atoms with Crippen molar-refractivity contribution in [1.82, 2.24) is 14.3 Å². The van der Waals surface area contributed by atoms with Gasteiger partial charge in [0.15, 0.2) is 0 Å². The summed E-state index contributed by atoms with van der Waals surface area (Å²) in [5, 5.41) is 0. The number of benzene rings is 1. The number of hydrogen-bond acceptors (Lipinski definition) is 5. The van der Waals surface area contributed by atoms with Crippen LogP contribution in [0.4, 0.5) is 0 Å². The number of aromatic amines is 1. The molecule has 0 bridgehead atoms. The molecule has 0 aliphatic heterocycles. The molecule has 1 aromatic carbocycles. The average Bonchev–Trinajstić information content (AvgIpc) is 3.51. The normalized spacial score (nSPS) is 15.0. The van der Waals surface area contributed by atoms with E-state index in [0.29, 0.717) is 6.54 Å². The fourth-order valence-electron chi connectivity index (χ4n) is 2.65. The number of allylic oxidation sites excluding steroid dienone is 2. The number of ether oxygens (including phenoxy) is 1. The van der Waals surface area contributed by atoms with Gasteiger partial charge in [-0.15, -0.1) is 0 Å². The first-order valence-corrected chi connectivity index (χ1v) is 10.7. The first kappa shape index (κ1) is 20.5. The van der Waals surface area contributed by atoms with Crippen molar-refractivity contribution in [3.63, 3.8) is 0 Å². The van der Waals surface area contributed by atoms with E-state index in [2.05, 4.69) is 28.8 Å². The van der Waals surface area contributed by atoms with E-state index in [4.69, 9.17) is 4.74 Å². The van der Waals surface area contributed by atoms with Crippen molar-refractivity contribution in [2.75, 3.05) is 12.4 Å². The third-order valence-electron chi connectivity index (χ3n) is 4.55. The summed E-state index contributed by atoms with van der Waals surface area (Å²) in [7, 11) is 0. The van der Waals surface area contributed by atoms with Crippen LogP contribution in [0.2, 0.25) is 0 Å². The van der Waals surface area contributed by atoms with Crippen LogP contribution < -0.4 is 20.7 Å². The molecule has 150 valence electrons. The Morgan fingerprint density at radius 2 is 2.18 bits per heavy atom. The van der Waals surface area contributed by atoms with Gasteiger partial charge in [-0.25, -0.2) is 4.79 Å². The molecule has 2 aromatic rings. The Balaban J connectivity index is 1.34. The molecule has 0 unspecified atom stereocenters. The number of aromatic nitrogens is 2. The molecule has 1 heterocycles. The van der Waals surface area contributed by atoms with Gasteiger partial charge in [0.2, 0.25) is 0 Å². The fourth-order valence-corrected chi connectivity index (χ4v) is 3.40. The van der Waals surface area contributed by atoms with E-state index in [0.717, 1.165) is 30.4 Å². The molecule has 3 rings (SSSR count). The van der Waals surface area contributed by atoms with Crippen LogP contribution in [0.25, 0.3) is 0 Å². The molecule has 0 saturated heterocycles. The molecule has 1 atom stereocenters. The Hall–Kier alpha value is -2.25. The summed E-state index contributed by atoms with van der Waals surface area (Å²) >= 11 is 1.68. The third kappa shape index (κ3) is 6.73. The van der Waals surface area contributed by atoms with E-state index in [1.54, 1.807) is 11.9 Å². The first-order valence-electron chi connectivity index (χ1n) is 9.66. The summed E-state index contributed by atoms with van der Waals surface area (Å²) in [4.78, 5) is 24.8. The molecule has 6 nitrogen and oxygen atoms in total. The van der Waals surface area contributed by atoms with Gasteiger partial charge in [-0.05, 0) is 49.8 Å². The summed E-state index contributed by atoms with van der Waals surface area (Å²) in [6.45, 7) is 3.43. The van der Waals surface area contributed by atoms with Gasteiger partial charge in [0, 0.05) is 30.6 Å². The van der Waals surface area contributed by atoms with E-state index in [1.165, 1.54) is 35.2 Å². The number of H-pyrrole nitrogens is 1. The molecule has 0 amide bonds. The predicted octanol–water partition coefficient (Wildman–Crippen LogP) is 3.27. The van der Waals surface area contributed by atoms with Crippen LogP contribution in [0.15, 0.2) is 58.3 Å². The van der Waals surface area contributed by atoms with Crippen LogP contribution in [-0.2, 0) is 6.54 Å². The van der Waals surface area contributed by atoms with Crippen molar-refractivity contribution in [2.45, 2.75) is 38.8 Å². The van der Waals surface area contributed by atoms with Crippen LogP contribution in [-0.4, -0.2) is 21.9 Å². The van der Waals surface area contributed by atoms with Gasteiger partial charge >= 0.3 is 5.69 Å². The lowest BCUT2D eigenvalue weighted by molar-refractivity contribution is 0.299. The Bertz CT molecular complexity index is 902. The Morgan fingerprint density at radius 1 is 1.32 bits per heavy atom. The van der Waals surface area contributed by atoms with Crippen LogP contribution in [0.1, 0.15) is 37.8 Å². The number of nitrogens with zero attached hydrogens (tertiary/aromatic N) is 1. The number of nitrogens with one attached hydrogen (secondary N) is 2. The highest BCUT2D eigenvalue weighted by atomic mass is 32.2. The molecular formula is C21H27N3O3S. The predicted molar refractivity (Wildman–Crippen MR) is 114 cm³/mol. The van der Waals surface area contributed by atoms with Crippen LogP contribution in [0.3, 0.4) is 0 Å².